The van der Waals surface area contributed by atoms with Gasteiger partial charge >= 0.3 is 0 Å². The average Bonchev–Trinajstić information content (AvgIpc) is 2.99. The molecule has 0 amide bonds. The Balaban J connectivity index is 1.83. The van der Waals surface area contributed by atoms with Gasteiger partial charge in [0.25, 0.3) is 0 Å². The summed E-state index contributed by atoms with van der Waals surface area (Å²) >= 11 is 3.39. The number of thiophene rings is 2. The molecule has 5 heteroatoms. The van der Waals surface area contributed by atoms with E-state index < -0.39 is 0 Å². The van der Waals surface area contributed by atoms with Gasteiger partial charge in [0.1, 0.15) is 5.82 Å². The highest BCUT2D eigenvalue weighted by Crippen LogP contribution is 2.21. The first-order valence-electron chi connectivity index (χ1n) is 4.89. The van der Waals surface area contributed by atoms with Crippen LogP contribution in [-0.2, 0) is 6.42 Å². The Hall–Kier alpha value is -1.46. The lowest BCUT2D eigenvalue weighted by Crippen LogP contribution is -1.87. The number of aromatic amines is 1. The van der Waals surface area contributed by atoms with Crippen molar-refractivity contribution in [2.24, 2.45) is 0 Å². The van der Waals surface area contributed by atoms with Gasteiger partial charge in [-0.15, -0.1) is 22.7 Å². The Morgan fingerprint density at radius 1 is 1.12 bits per heavy atom. The van der Waals surface area contributed by atoms with Crippen LogP contribution in [0.1, 0.15) is 10.7 Å². The molecule has 3 rings (SSSR count). The van der Waals surface area contributed by atoms with Gasteiger partial charge in [-0.3, -0.25) is 5.10 Å². The third kappa shape index (κ3) is 1.91. The summed E-state index contributed by atoms with van der Waals surface area (Å²) < 4.78 is 0. The molecule has 0 aliphatic heterocycles. The van der Waals surface area contributed by atoms with Crippen LogP contribution in [0.25, 0.3) is 10.7 Å². The van der Waals surface area contributed by atoms with Crippen molar-refractivity contribution >= 4 is 22.7 Å². The fourth-order valence-corrected chi connectivity index (χ4v) is 2.84. The summed E-state index contributed by atoms with van der Waals surface area (Å²) in [6.45, 7) is 0. The third-order valence-corrected chi connectivity index (χ3v) is 3.94. The van der Waals surface area contributed by atoms with Crippen LogP contribution in [-0.4, -0.2) is 15.2 Å². The largest absolute Gasteiger partial charge is 0.262 e. The van der Waals surface area contributed by atoms with Gasteiger partial charge in [0.15, 0.2) is 5.82 Å². The quantitative estimate of drug-likeness (QED) is 0.772. The maximum absolute atomic E-state index is 4.48. The Morgan fingerprint density at radius 2 is 2.00 bits per heavy atom. The van der Waals surface area contributed by atoms with Crippen molar-refractivity contribution in [1.82, 2.24) is 15.2 Å². The Morgan fingerprint density at radius 3 is 2.75 bits per heavy atom. The minimum absolute atomic E-state index is 0.793. The monoisotopic (exact) mass is 247 g/mol. The molecule has 3 aromatic rings. The van der Waals surface area contributed by atoms with Gasteiger partial charge in [-0.2, -0.15) is 5.10 Å². The molecule has 0 aromatic carbocycles. The molecule has 0 saturated heterocycles. The SMILES string of the molecule is c1csc(Cc2nc(-c3cccs3)n[nH]2)c1. The van der Waals surface area contributed by atoms with E-state index in [9.17, 15) is 0 Å². The van der Waals surface area contributed by atoms with E-state index in [1.165, 1.54) is 4.88 Å². The minimum Gasteiger partial charge on any atom is -0.262 e. The molecular weight excluding hydrogens is 238 g/mol. The Kier molecular flexibility index (Phi) is 2.55. The second-order valence-electron chi connectivity index (χ2n) is 3.34. The van der Waals surface area contributed by atoms with Crippen LogP contribution in [0, 0.1) is 0 Å². The molecule has 3 nitrogen and oxygen atoms in total. The lowest BCUT2D eigenvalue weighted by molar-refractivity contribution is 0.984. The highest BCUT2D eigenvalue weighted by molar-refractivity contribution is 7.13. The van der Waals surface area contributed by atoms with Crippen LogP contribution in [0.4, 0.5) is 0 Å². The average molecular weight is 247 g/mol. The number of aromatic nitrogens is 3. The third-order valence-electron chi connectivity index (χ3n) is 2.20. The van der Waals surface area contributed by atoms with E-state index in [1.54, 1.807) is 22.7 Å². The maximum Gasteiger partial charge on any atom is 0.191 e. The number of hydrogen-bond donors (Lipinski definition) is 1. The van der Waals surface area contributed by atoms with Crippen LogP contribution in [0.15, 0.2) is 35.0 Å². The van der Waals surface area contributed by atoms with Crippen LogP contribution >= 0.6 is 22.7 Å². The van der Waals surface area contributed by atoms with Crippen molar-refractivity contribution in [2.45, 2.75) is 6.42 Å². The van der Waals surface area contributed by atoms with Gasteiger partial charge in [0.2, 0.25) is 0 Å². The molecule has 0 aliphatic rings. The number of H-pyrrole nitrogens is 1. The first-order valence-corrected chi connectivity index (χ1v) is 6.65. The standard InChI is InChI=1S/C11H9N3S2/c1-3-8(15-5-1)7-10-12-11(14-13-10)9-4-2-6-16-9/h1-6H,7H2,(H,12,13,14). The molecular formula is C11H9N3S2. The molecule has 16 heavy (non-hydrogen) atoms. The Labute approximate surface area is 101 Å². The summed E-state index contributed by atoms with van der Waals surface area (Å²) in [5, 5.41) is 11.3. The van der Waals surface area contributed by atoms with Crippen molar-refractivity contribution in [1.29, 1.82) is 0 Å². The maximum atomic E-state index is 4.48. The van der Waals surface area contributed by atoms with Crippen molar-refractivity contribution in [2.75, 3.05) is 0 Å². The first-order chi connectivity index (χ1) is 7.92. The summed E-state index contributed by atoms with van der Waals surface area (Å²) in [5.74, 6) is 1.72. The smallest absolute Gasteiger partial charge is 0.191 e. The second kappa shape index (κ2) is 4.19. The minimum atomic E-state index is 0.793. The van der Waals surface area contributed by atoms with E-state index in [1.807, 2.05) is 17.5 Å². The summed E-state index contributed by atoms with van der Waals surface area (Å²) in [6.07, 6.45) is 0.829. The van der Waals surface area contributed by atoms with E-state index in [2.05, 4.69) is 32.7 Å². The van der Waals surface area contributed by atoms with Crippen molar-refractivity contribution in [3.05, 3.63) is 45.7 Å². The van der Waals surface area contributed by atoms with Gasteiger partial charge in [-0.1, -0.05) is 12.1 Å². The second-order valence-corrected chi connectivity index (χ2v) is 5.32. The van der Waals surface area contributed by atoms with Gasteiger partial charge in [-0.05, 0) is 22.9 Å². The normalized spacial score (nSPS) is 10.8. The van der Waals surface area contributed by atoms with Crippen LogP contribution < -0.4 is 0 Å². The number of hydrogen-bond acceptors (Lipinski definition) is 4. The molecule has 1 N–H and O–H groups in total. The van der Waals surface area contributed by atoms with E-state index in [0.717, 1.165) is 22.9 Å². The predicted molar refractivity (Wildman–Crippen MR) is 66.8 cm³/mol. The molecule has 3 aromatic heterocycles. The molecule has 3 heterocycles. The number of rotatable bonds is 3. The lowest BCUT2D eigenvalue weighted by atomic mass is 10.3. The molecule has 0 fully saturated rings. The molecule has 0 unspecified atom stereocenters. The first kappa shape index (κ1) is 9.74. The molecule has 80 valence electrons. The van der Waals surface area contributed by atoms with Gasteiger partial charge in [-0.25, -0.2) is 4.98 Å². The number of nitrogens with zero attached hydrogens (tertiary/aromatic N) is 2. The summed E-state index contributed by atoms with van der Waals surface area (Å²) in [5.41, 5.74) is 0. The predicted octanol–water partition coefficient (Wildman–Crippen LogP) is 3.19. The molecule has 0 saturated carbocycles. The zero-order valence-electron chi connectivity index (χ0n) is 8.38. The molecule has 0 radical (unpaired) electrons. The van der Waals surface area contributed by atoms with Crippen molar-refractivity contribution < 1.29 is 0 Å². The fraction of sp³-hybridized carbons (Fsp3) is 0.0909. The fourth-order valence-electron chi connectivity index (χ4n) is 1.47. The summed E-state index contributed by atoms with van der Waals surface area (Å²) in [6, 6.07) is 8.20. The Bertz CT molecular complexity index is 552. The highest BCUT2D eigenvalue weighted by atomic mass is 32.1. The number of nitrogens with one attached hydrogen (secondary N) is 1. The molecule has 0 spiro atoms. The molecule has 0 atom stereocenters. The topological polar surface area (TPSA) is 41.6 Å². The summed E-state index contributed by atoms with van der Waals surface area (Å²) in [4.78, 5) is 6.88. The van der Waals surface area contributed by atoms with E-state index >= 15 is 0 Å². The van der Waals surface area contributed by atoms with E-state index in [0.29, 0.717) is 0 Å². The highest BCUT2D eigenvalue weighted by Gasteiger charge is 2.07. The van der Waals surface area contributed by atoms with E-state index in [4.69, 9.17) is 0 Å². The van der Waals surface area contributed by atoms with Crippen LogP contribution in [0.5, 0.6) is 0 Å². The van der Waals surface area contributed by atoms with Crippen molar-refractivity contribution in [3.63, 3.8) is 0 Å². The van der Waals surface area contributed by atoms with E-state index in [-0.39, 0.29) is 0 Å². The van der Waals surface area contributed by atoms with Gasteiger partial charge in [0, 0.05) is 11.3 Å². The zero-order valence-corrected chi connectivity index (χ0v) is 10.0. The zero-order chi connectivity index (χ0) is 10.8. The van der Waals surface area contributed by atoms with Crippen molar-refractivity contribution in [3.8, 4) is 10.7 Å². The van der Waals surface area contributed by atoms with Gasteiger partial charge in [0.05, 0.1) is 4.88 Å². The molecule has 0 bridgehead atoms. The summed E-state index contributed by atoms with van der Waals surface area (Å²) in [7, 11) is 0. The van der Waals surface area contributed by atoms with Crippen LogP contribution in [0.3, 0.4) is 0 Å². The molecule has 0 aliphatic carbocycles. The van der Waals surface area contributed by atoms with Gasteiger partial charge < -0.3 is 0 Å². The van der Waals surface area contributed by atoms with Crippen LogP contribution in [0.2, 0.25) is 0 Å². The lowest BCUT2D eigenvalue weighted by Gasteiger charge is -1.89.